The third-order valence-corrected chi connectivity index (χ3v) is 2.22. The highest BCUT2D eigenvalue weighted by atomic mass is 15.5. The normalized spacial score (nSPS) is 30.3. The van der Waals surface area contributed by atoms with Gasteiger partial charge < -0.3 is 4.90 Å². The van der Waals surface area contributed by atoms with Gasteiger partial charge in [-0.05, 0) is 20.0 Å². The van der Waals surface area contributed by atoms with Gasteiger partial charge in [0.25, 0.3) is 0 Å². The summed E-state index contributed by atoms with van der Waals surface area (Å²) in [4.78, 5) is 2.39. The number of nitrogens with zero attached hydrogens (tertiary/aromatic N) is 2. The molecule has 0 aromatic carbocycles. The van der Waals surface area contributed by atoms with E-state index in [0.29, 0.717) is 0 Å². The smallest absolute Gasteiger partial charge is 0.0258 e. The molecule has 1 fully saturated rings. The topological polar surface area (TPSA) is 18.5 Å². The fraction of sp³-hybridized carbons (Fsp3) is 1.00. The largest absolute Gasteiger partial charge is 0.305 e. The first kappa shape index (κ1) is 8.97. The molecule has 0 saturated carbocycles. The van der Waals surface area contributed by atoms with Gasteiger partial charge in [-0.25, -0.2) is 5.01 Å². The zero-order valence-corrected chi connectivity index (χ0v) is 7.80. The Morgan fingerprint density at radius 2 is 2.00 bits per heavy atom. The molecule has 0 aromatic heterocycles. The number of nitrogens with one attached hydrogen (secondary N) is 1. The fourth-order valence-electron chi connectivity index (χ4n) is 1.64. The molecule has 1 atom stereocenters. The fourth-order valence-corrected chi connectivity index (χ4v) is 1.64. The predicted molar refractivity (Wildman–Crippen MR) is 47.3 cm³/mol. The number of hydrogen-bond acceptors (Lipinski definition) is 3. The lowest BCUT2D eigenvalue weighted by atomic mass is 10.2. The lowest BCUT2D eigenvalue weighted by Crippen LogP contribution is -2.39. The third-order valence-electron chi connectivity index (χ3n) is 2.22. The van der Waals surface area contributed by atoms with Crippen LogP contribution in [-0.4, -0.2) is 50.2 Å². The van der Waals surface area contributed by atoms with E-state index in [0.717, 1.165) is 12.5 Å². The van der Waals surface area contributed by atoms with Crippen LogP contribution < -0.4 is 5.43 Å². The van der Waals surface area contributed by atoms with Crippen molar-refractivity contribution in [3.63, 3.8) is 0 Å². The van der Waals surface area contributed by atoms with Crippen molar-refractivity contribution < 1.29 is 0 Å². The Hall–Kier alpha value is -0.120. The molecule has 66 valence electrons. The molecular weight excluding hydrogens is 138 g/mol. The van der Waals surface area contributed by atoms with Crippen LogP contribution in [0.5, 0.6) is 0 Å². The van der Waals surface area contributed by atoms with Crippen LogP contribution in [0.4, 0.5) is 0 Å². The van der Waals surface area contributed by atoms with E-state index >= 15 is 0 Å². The molecule has 0 amide bonds. The van der Waals surface area contributed by atoms with E-state index in [1.54, 1.807) is 0 Å². The molecule has 1 unspecified atom stereocenters. The number of hydrogen-bond donors (Lipinski definition) is 1. The summed E-state index contributed by atoms with van der Waals surface area (Å²) in [6.07, 6.45) is 0. The van der Waals surface area contributed by atoms with Gasteiger partial charge >= 0.3 is 0 Å². The molecule has 1 N–H and O–H groups in total. The van der Waals surface area contributed by atoms with Crippen molar-refractivity contribution in [1.29, 1.82) is 0 Å². The molecule has 3 nitrogen and oxygen atoms in total. The second-order valence-electron chi connectivity index (χ2n) is 3.54. The van der Waals surface area contributed by atoms with Crippen molar-refractivity contribution in [3.8, 4) is 0 Å². The molecular formula is C8H19N3. The Kier molecular flexibility index (Phi) is 3.30. The van der Waals surface area contributed by atoms with Gasteiger partial charge in [0.15, 0.2) is 0 Å². The van der Waals surface area contributed by atoms with Gasteiger partial charge in [0.05, 0.1) is 0 Å². The van der Waals surface area contributed by atoms with Crippen LogP contribution in [0.3, 0.4) is 0 Å². The molecule has 0 aromatic rings. The van der Waals surface area contributed by atoms with Gasteiger partial charge in [0, 0.05) is 26.2 Å². The summed E-state index contributed by atoms with van der Waals surface area (Å²) < 4.78 is 0. The van der Waals surface area contributed by atoms with Gasteiger partial charge in [-0.2, -0.15) is 0 Å². The molecule has 1 aliphatic heterocycles. The van der Waals surface area contributed by atoms with Gasteiger partial charge in [0.2, 0.25) is 0 Å². The van der Waals surface area contributed by atoms with Crippen LogP contribution in [0, 0.1) is 5.92 Å². The maximum atomic E-state index is 3.20. The Morgan fingerprint density at radius 1 is 1.27 bits per heavy atom. The van der Waals surface area contributed by atoms with E-state index in [2.05, 4.69) is 29.3 Å². The number of rotatable bonds is 1. The van der Waals surface area contributed by atoms with Crippen molar-refractivity contribution >= 4 is 0 Å². The molecule has 11 heavy (non-hydrogen) atoms. The summed E-state index contributed by atoms with van der Waals surface area (Å²) in [5.41, 5.74) is 3.20. The Balaban J connectivity index is 2.39. The van der Waals surface area contributed by atoms with Crippen molar-refractivity contribution in [3.05, 3.63) is 0 Å². The average molecular weight is 157 g/mol. The standard InChI is InChI=1S/C8H19N3/c1-8-6-10(3)4-5-11(7-8)9-2/h8-9H,4-7H2,1-3H3. The van der Waals surface area contributed by atoms with E-state index in [1.165, 1.54) is 19.6 Å². The summed E-state index contributed by atoms with van der Waals surface area (Å²) in [6, 6.07) is 0. The van der Waals surface area contributed by atoms with Gasteiger partial charge in [-0.15, -0.1) is 0 Å². The lowest BCUT2D eigenvalue weighted by Gasteiger charge is -2.19. The zero-order chi connectivity index (χ0) is 8.27. The average Bonchev–Trinajstić information content (AvgIpc) is 2.11. The molecule has 1 rings (SSSR count). The SMILES string of the molecule is CNN1CCN(C)CC(C)C1. The molecule has 0 spiro atoms. The lowest BCUT2D eigenvalue weighted by molar-refractivity contribution is 0.200. The molecule has 0 aliphatic carbocycles. The van der Waals surface area contributed by atoms with Gasteiger partial charge in [0.1, 0.15) is 0 Å². The van der Waals surface area contributed by atoms with Crippen LogP contribution in [0.2, 0.25) is 0 Å². The Morgan fingerprint density at radius 3 is 2.64 bits per heavy atom. The minimum absolute atomic E-state index is 0.773. The second-order valence-corrected chi connectivity index (χ2v) is 3.54. The van der Waals surface area contributed by atoms with Crippen LogP contribution in [0.25, 0.3) is 0 Å². The summed E-state index contributed by atoms with van der Waals surface area (Å²) >= 11 is 0. The van der Waals surface area contributed by atoms with Crippen molar-refractivity contribution in [2.45, 2.75) is 6.92 Å². The molecule has 3 heteroatoms. The minimum Gasteiger partial charge on any atom is -0.305 e. The summed E-state index contributed by atoms with van der Waals surface area (Å²) in [5.74, 6) is 0.773. The van der Waals surface area contributed by atoms with Crippen LogP contribution in [0.15, 0.2) is 0 Å². The van der Waals surface area contributed by atoms with E-state index in [4.69, 9.17) is 0 Å². The molecule has 0 radical (unpaired) electrons. The van der Waals surface area contributed by atoms with Gasteiger partial charge in [-0.3, -0.25) is 5.43 Å². The van der Waals surface area contributed by atoms with Crippen LogP contribution >= 0.6 is 0 Å². The maximum absolute atomic E-state index is 3.20. The Labute approximate surface area is 69.3 Å². The first-order chi connectivity index (χ1) is 5.22. The van der Waals surface area contributed by atoms with E-state index in [1.807, 2.05) is 7.05 Å². The highest BCUT2D eigenvalue weighted by molar-refractivity contribution is 4.68. The Bertz CT molecular complexity index is 116. The minimum atomic E-state index is 0.773. The first-order valence-corrected chi connectivity index (χ1v) is 4.33. The monoisotopic (exact) mass is 157 g/mol. The van der Waals surface area contributed by atoms with Crippen molar-refractivity contribution in [2.75, 3.05) is 40.3 Å². The molecule has 1 aliphatic rings. The molecule has 1 heterocycles. The first-order valence-electron chi connectivity index (χ1n) is 4.33. The predicted octanol–water partition coefficient (Wildman–Crippen LogP) is 0.00430. The van der Waals surface area contributed by atoms with E-state index in [9.17, 15) is 0 Å². The zero-order valence-electron chi connectivity index (χ0n) is 7.80. The summed E-state index contributed by atoms with van der Waals surface area (Å²) in [5, 5.41) is 2.29. The molecule has 1 saturated heterocycles. The highest BCUT2D eigenvalue weighted by Crippen LogP contribution is 2.04. The maximum Gasteiger partial charge on any atom is 0.0258 e. The van der Waals surface area contributed by atoms with E-state index in [-0.39, 0.29) is 0 Å². The quantitative estimate of drug-likeness (QED) is 0.578. The van der Waals surface area contributed by atoms with Gasteiger partial charge in [-0.1, -0.05) is 6.92 Å². The summed E-state index contributed by atoms with van der Waals surface area (Å²) in [6.45, 7) is 6.99. The van der Waals surface area contributed by atoms with Crippen LogP contribution in [0.1, 0.15) is 6.92 Å². The highest BCUT2D eigenvalue weighted by Gasteiger charge is 2.15. The summed E-state index contributed by atoms with van der Waals surface area (Å²) in [7, 11) is 4.19. The second kappa shape index (κ2) is 4.04. The third kappa shape index (κ3) is 2.77. The molecule has 0 bridgehead atoms. The number of hydrazine groups is 1. The van der Waals surface area contributed by atoms with Crippen molar-refractivity contribution in [2.24, 2.45) is 5.92 Å². The van der Waals surface area contributed by atoms with Crippen molar-refractivity contribution in [1.82, 2.24) is 15.3 Å². The number of likely N-dealkylation sites (N-methyl/N-ethyl adjacent to an activating group) is 1. The van der Waals surface area contributed by atoms with E-state index < -0.39 is 0 Å². The van der Waals surface area contributed by atoms with Crippen LogP contribution in [-0.2, 0) is 0 Å².